The Kier molecular flexibility index (Phi) is 3.81. The van der Waals surface area contributed by atoms with E-state index >= 15 is 0 Å². The lowest BCUT2D eigenvalue weighted by atomic mass is 9.52. The highest BCUT2D eigenvalue weighted by molar-refractivity contribution is 8.13. The van der Waals surface area contributed by atoms with Crippen molar-refractivity contribution in [1.82, 2.24) is 0 Å². The van der Waals surface area contributed by atoms with Gasteiger partial charge in [0.15, 0.2) is 5.12 Å². The second-order valence-electron chi connectivity index (χ2n) is 7.83. The first kappa shape index (κ1) is 17.4. The van der Waals surface area contributed by atoms with Gasteiger partial charge in [0, 0.05) is 30.9 Å². The molecule has 1 saturated heterocycles. The number of rotatable bonds is 2. The molecule has 0 N–H and O–H groups in total. The van der Waals surface area contributed by atoms with Crippen molar-refractivity contribution in [2.45, 2.75) is 25.0 Å². The van der Waals surface area contributed by atoms with Gasteiger partial charge in [-0.25, -0.2) is 0 Å². The second-order valence-corrected chi connectivity index (χ2v) is 8.61. The van der Waals surface area contributed by atoms with Crippen LogP contribution in [0.3, 0.4) is 0 Å². The zero-order valence-corrected chi connectivity index (χ0v) is 16.3. The van der Waals surface area contributed by atoms with Gasteiger partial charge in [-0.3, -0.25) is 9.59 Å². The highest BCUT2D eigenvalue weighted by Gasteiger charge is 2.70. The molecule has 4 nitrogen and oxygen atoms in total. The number of methoxy groups -OCH3 is 1. The van der Waals surface area contributed by atoms with Crippen LogP contribution >= 0.6 is 11.8 Å². The van der Waals surface area contributed by atoms with E-state index in [1.165, 1.54) is 24.4 Å². The van der Waals surface area contributed by atoms with Crippen LogP contribution in [0.1, 0.15) is 17.5 Å². The number of ether oxygens (including phenoxy) is 2. The molecule has 0 amide bonds. The molecule has 3 aliphatic carbocycles. The van der Waals surface area contributed by atoms with E-state index in [2.05, 4.69) is 24.3 Å². The predicted octanol–water partition coefficient (Wildman–Crippen LogP) is 3.11. The van der Waals surface area contributed by atoms with Crippen molar-refractivity contribution in [3.05, 3.63) is 58.7 Å². The normalized spacial score (nSPS) is 36.3. The fourth-order valence-electron chi connectivity index (χ4n) is 5.76. The molecule has 140 valence electrons. The minimum atomic E-state index is -1.34. The van der Waals surface area contributed by atoms with E-state index in [1.807, 2.05) is 18.4 Å². The predicted molar refractivity (Wildman–Crippen MR) is 103 cm³/mol. The third-order valence-corrected chi connectivity index (χ3v) is 7.62. The van der Waals surface area contributed by atoms with Gasteiger partial charge in [0.25, 0.3) is 0 Å². The molecule has 4 atom stereocenters. The Bertz CT molecular complexity index is 917. The van der Waals surface area contributed by atoms with Crippen LogP contribution in [0, 0.1) is 17.3 Å². The number of hydrogen-bond acceptors (Lipinski definition) is 5. The average molecular weight is 382 g/mol. The molecule has 0 radical (unpaired) electrons. The lowest BCUT2D eigenvalue weighted by molar-refractivity contribution is -0.224. The van der Waals surface area contributed by atoms with Gasteiger partial charge < -0.3 is 9.47 Å². The molecular formula is C22H22O4S. The van der Waals surface area contributed by atoms with Gasteiger partial charge in [-0.05, 0) is 35.8 Å². The smallest absolute Gasteiger partial charge is 0.238 e. The molecule has 0 spiro atoms. The number of thioether (sulfide) groups is 1. The summed E-state index contributed by atoms with van der Waals surface area (Å²) in [5.74, 6) is -1.70. The minimum absolute atomic E-state index is 0.0185. The molecule has 1 fully saturated rings. The molecule has 27 heavy (non-hydrogen) atoms. The Morgan fingerprint density at radius 2 is 2.00 bits per heavy atom. The highest BCUT2D eigenvalue weighted by Crippen LogP contribution is 2.63. The Morgan fingerprint density at radius 1 is 1.26 bits per heavy atom. The van der Waals surface area contributed by atoms with E-state index in [1.54, 1.807) is 0 Å². The quantitative estimate of drug-likeness (QED) is 0.736. The third kappa shape index (κ3) is 2.02. The van der Waals surface area contributed by atoms with Crippen molar-refractivity contribution < 1.29 is 19.1 Å². The molecule has 0 saturated carbocycles. The number of fused-ring (bicyclic) bond motifs is 2. The van der Waals surface area contributed by atoms with E-state index in [4.69, 9.17) is 9.47 Å². The Labute approximate surface area is 163 Å². The number of benzene rings is 1. The molecule has 1 aromatic carbocycles. The molecule has 5 heteroatoms. The monoisotopic (exact) mass is 382 g/mol. The molecule has 4 aliphatic rings. The standard InChI is InChI=1S/C22H22O4S/c1-25-22-18-15(12-26-22)8-5-9-21(18,20(24)27-2)17-11-14-7-4-3-6-13(14)10-16(17)19(22)23/h3-8,15,18H,9-12H2,1-2H3/t15-,18+,21-,22+/m1/s1. The Hall–Kier alpha value is -1.69. The summed E-state index contributed by atoms with van der Waals surface area (Å²) in [6.45, 7) is 0.414. The van der Waals surface area contributed by atoms with Crippen LogP contribution in [0.5, 0.6) is 0 Å². The molecule has 1 aromatic rings. The lowest BCUT2D eigenvalue weighted by Crippen LogP contribution is -2.62. The number of allylic oxidation sites excluding steroid dienone is 2. The van der Waals surface area contributed by atoms with Crippen molar-refractivity contribution in [2.24, 2.45) is 17.3 Å². The van der Waals surface area contributed by atoms with Crippen molar-refractivity contribution in [1.29, 1.82) is 0 Å². The van der Waals surface area contributed by atoms with Gasteiger partial charge in [0.2, 0.25) is 11.6 Å². The van der Waals surface area contributed by atoms with Crippen molar-refractivity contribution in [2.75, 3.05) is 20.0 Å². The van der Waals surface area contributed by atoms with Gasteiger partial charge in [-0.1, -0.05) is 48.2 Å². The minimum Gasteiger partial charge on any atom is -0.346 e. The maximum absolute atomic E-state index is 13.6. The summed E-state index contributed by atoms with van der Waals surface area (Å²) in [6, 6.07) is 8.21. The zero-order valence-electron chi connectivity index (χ0n) is 15.5. The molecule has 5 rings (SSSR count). The molecular weight excluding hydrogens is 360 g/mol. The summed E-state index contributed by atoms with van der Waals surface area (Å²) < 4.78 is 11.9. The fourth-order valence-corrected chi connectivity index (χ4v) is 6.46. The van der Waals surface area contributed by atoms with Crippen molar-refractivity contribution in [3.8, 4) is 0 Å². The van der Waals surface area contributed by atoms with E-state index in [-0.39, 0.29) is 22.7 Å². The van der Waals surface area contributed by atoms with E-state index in [0.717, 1.165) is 16.7 Å². The second kappa shape index (κ2) is 5.90. The number of carbonyl (C=O) groups is 2. The third-order valence-electron chi connectivity index (χ3n) is 6.88. The summed E-state index contributed by atoms with van der Waals surface area (Å²) in [7, 11) is 1.54. The summed E-state index contributed by atoms with van der Waals surface area (Å²) in [5, 5.41) is 0.119. The van der Waals surface area contributed by atoms with Crippen molar-refractivity contribution >= 4 is 22.7 Å². The first-order chi connectivity index (χ1) is 13.1. The van der Waals surface area contributed by atoms with E-state index in [9.17, 15) is 9.59 Å². The highest BCUT2D eigenvalue weighted by atomic mass is 32.2. The molecule has 1 heterocycles. The van der Waals surface area contributed by atoms with Gasteiger partial charge in [-0.15, -0.1) is 0 Å². The van der Waals surface area contributed by atoms with Crippen LogP contribution in [0.4, 0.5) is 0 Å². The molecule has 0 unspecified atom stereocenters. The average Bonchev–Trinajstić information content (AvgIpc) is 3.11. The van der Waals surface area contributed by atoms with Gasteiger partial charge in [0.1, 0.15) is 0 Å². The fraction of sp³-hybridized carbons (Fsp3) is 0.455. The first-order valence-electron chi connectivity index (χ1n) is 9.36. The van der Waals surface area contributed by atoms with Crippen LogP contribution < -0.4 is 0 Å². The zero-order chi connectivity index (χ0) is 18.8. The largest absolute Gasteiger partial charge is 0.346 e. The SMILES string of the molecule is CO[C@@]12OC[C@H]3C=CC[C@@](C(=O)SC)(C4=C(Cc5ccccc5C4)C1=O)[C@H]32. The first-order valence-corrected chi connectivity index (χ1v) is 10.6. The Balaban J connectivity index is 1.80. The maximum atomic E-state index is 13.6. The van der Waals surface area contributed by atoms with Crippen LogP contribution in [-0.4, -0.2) is 36.7 Å². The number of hydrogen-bond donors (Lipinski definition) is 0. The Morgan fingerprint density at radius 3 is 2.70 bits per heavy atom. The number of Topliss-reactive ketones (excluding diaryl/α,β-unsaturated/α-hetero) is 1. The molecule has 0 bridgehead atoms. The van der Waals surface area contributed by atoms with E-state index in [0.29, 0.717) is 25.9 Å². The number of ketones is 1. The summed E-state index contributed by atoms with van der Waals surface area (Å²) >= 11 is 1.26. The van der Waals surface area contributed by atoms with Gasteiger partial charge >= 0.3 is 0 Å². The van der Waals surface area contributed by atoms with Crippen molar-refractivity contribution in [3.63, 3.8) is 0 Å². The summed E-state index contributed by atoms with van der Waals surface area (Å²) in [4.78, 5) is 27.1. The summed E-state index contributed by atoms with van der Waals surface area (Å²) in [5.41, 5.74) is 3.37. The van der Waals surface area contributed by atoms with Crippen LogP contribution in [0.2, 0.25) is 0 Å². The van der Waals surface area contributed by atoms with Crippen LogP contribution in [0.25, 0.3) is 0 Å². The van der Waals surface area contributed by atoms with Gasteiger partial charge in [0.05, 0.1) is 12.0 Å². The lowest BCUT2D eigenvalue weighted by Gasteiger charge is -2.52. The summed E-state index contributed by atoms with van der Waals surface area (Å²) in [6.07, 6.45) is 7.85. The number of carbonyl (C=O) groups excluding carboxylic acids is 2. The topological polar surface area (TPSA) is 52.6 Å². The van der Waals surface area contributed by atoms with Crippen LogP contribution in [0.15, 0.2) is 47.6 Å². The molecule has 1 aliphatic heterocycles. The maximum Gasteiger partial charge on any atom is 0.238 e. The van der Waals surface area contributed by atoms with Crippen LogP contribution in [-0.2, 0) is 31.9 Å². The van der Waals surface area contributed by atoms with Gasteiger partial charge in [-0.2, -0.15) is 0 Å². The molecule has 0 aromatic heterocycles. The van der Waals surface area contributed by atoms with E-state index < -0.39 is 11.2 Å².